The molecule has 0 aromatic carbocycles. The topological polar surface area (TPSA) is 71.1 Å². The first-order chi connectivity index (χ1) is 10.1. The molecule has 0 saturated carbocycles. The highest BCUT2D eigenvalue weighted by Gasteiger charge is 2.20. The summed E-state index contributed by atoms with van der Waals surface area (Å²) in [5, 5.41) is 3.77. The Labute approximate surface area is 131 Å². The lowest BCUT2D eigenvalue weighted by molar-refractivity contribution is 0.575. The molecule has 2 heterocycles. The zero-order valence-electron chi connectivity index (χ0n) is 12.3. The summed E-state index contributed by atoms with van der Waals surface area (Å²) >= 11 is 1.84. The number of hydrogen-bond donors (Lipinski definition) is 2. The van der Waals surface area contributed by atoms with Crippen molar-refractivity contribution < 1.29 is 8.42 Å². The largest absolute Gasteiger partial charge is 0.313 e. The Morgan fingerprint density at radius 2 is 2.29 bits per heavy atom. The van der Waals surface area contributed by atoms with Crippen molar-refractivity contribution in [2.24, 2.45) is 0 Å². The van der Waals surface area contributed by atoms with Gasteiger partial charge < -0.3 is 5.32 Å². The molecule has 118 valence electrons. The van der Waals surface area contributed by atoms with Crippen molar-refractivity contribution in [3.8, 4) is 0 Å². The monoisotopic (exact) mass is 329 g/mol. The van der Waals surface area contributed by atoms with E-state index in [9.17, 15) is 8.42 Å². The van der Waals surface area contributed by atoms with Gasteiger partial charge in [0.1, 0.15) is 0 Å². The number of nitrogens with one attached hydrogen (secondary N) is 2. The molecule has 0 spiro atoms. The van der Waals surface area contributed by atoms with Crippen LogP contribution >= 0.6 is 11.8 Å². The molecular weight excluding hydrogens is 306 g/mol. The minimum atomic E-state index is -3.48. The summed E-state index contributed by atoms with van der Waals surface area (Å²) in [6.45, 7) is 4.26. The highest BCUT2D eigenvalue weighted by molar-refractivity contribution is 8.00. The van der Waals surface area contributed by atoms with Crippen molar-refractivity contribution in [2.75, 3.05) is 18.8 Å². The molecule has 0 radical (unpaired) electrons. The summed E-state index contributed by atoms with van der Waals surface area (Å²) in [5.41, 5.74) is 0.994. The van der Waals surface area contributed by atoms with Gasteiger partial charge in [-0.05, 0) is 43.2 Å². The Bertz CT molecular complexity index is 526. The Morgan fingerprint density at radius 1 is 1.43 bits per heavy atom. The molecule has 1 aromatic rings. The normalized spacial score (nSPS) is 19.0. The second-order valence-corrected chi connectivity index (χ2v) is 8.29. The summed E-state index contributed by atoms with van der Waals surface area (Å²) in [5.74, 6) is 1.13. The van der Waals surface area contributed by atoms with Crippen LogP contribution in [0.15, 0.2) is 23.4 Å². The van der Waals surface area contributed by atoms with Crippen LogP contribution in [0.1, 0.15) is 31.7 Å². The van der Waals surface area contributed by atoms with Gasteiger partial charge in [-0.3, -0.25) is 0 Å². The van der Waals surface area contributed by atoms with Crippen molar-refractivity contribution in [2.45, 2.75) is 43.0 Å². The van der Waals surface area contributed by atoms with Crippen LogP contribution in [0.25, 0.3) is 0 Å². The van der Waals surface area contributed by atoms with Crippen molar-refractivity contribution in [3.63, 3.8) is 0 Å². The van der Waals surface area contributed by atoms with Crippen LogP contribution in [0.4, 0.5) is 0 Å². The predicted molar refractivity (Wildman–Crippen MR) is 86.9 cm³/mol. The van der Waals surface area contributed by atoms with E-state index < -0.39 is 10.0 Å². The maximum atomic E-state index is 12.2. The van der Waals surface area contributed by atoms with Crippen LogP contribution in [-0.2, 0) is 16.6 Å². The van der Waals surface area contributed by atoms with Crippen LogP contribution in [0, 0.1) is 0 Å². The van der Waals surface area contributed by atoms with Gasteiger partial charge in [-0.1, -0.05) is 13.0 Å². The predicted octanol–water partition coefficient (Wildman–Crippen LogP) is 1.76. The van der Waals surface area contributed by atoms with Gasteiger partial charge in [-0.2, -0.15) is 11.8 Å². The number of hydrogen-bond acceptors (Lipinski definition) is 5. The van der Waals surface area contributed by atoms with E-state index in [-0.39, 0.29) is 5.03 Å². The fraction of sp³-hybridized carbons (Fsp3) is 0.643. The molecule has 5 nitrogen and oxygen atoms in total. The van der Waals surface area contributed by atoms with Crippen molar-refractivity contribution in [3.05, 3.63) is 23.9 Å². The molecule has 1 unspecified atom stereocenters. The van der Waals surface area contributed by atoms with E-state index in [2.05, 4.69) is 21.9 Å². The Morgan fingerprint density at radius 3 is 2.90 bits per heavy atom. The van der Waals surface area contributed by atoms with Crippen molar-refractivity contribution >= 4 is 21.8 Å². The summed E-state index contributed by atoms with van der Waals surface area (Å²) in [6, 6.07) is 3.39. The molecule has 0 aliphatic carbocycles. The molecule has 0 bridgehead atoms. The van der Waals surface area contributed by atoms with E-state index in [4.69, 9.17) is 0 Å². The zero-order chi connectivity index (χ0) is 15.1. The molecule has 1 saturated heterocycles. The van der Waals surface area contributed by atoms with Gasteiger partial charge in [-0.15, -0.1) is 0 Å². The van der Waals surface area contributed by atoms with E-state index in [1.165, 1.54) is 6.42 Å². The van der Waals surface area contributed by atoms with Gasteiger partial charge in [0.25, 0.3) is 10.0 Å². The molecular formula is C14H23N3O2S2. The van der Waals surface area contributed by atoms with Gasteiger partial charge in [0.05, 0.1) is 0 Å². The zero-order valence-corrected chi connectivity index (χ0v) is 14.0. The van der Waals surface area contributed by atoms with E-state index in [0.29, 0.717) is 18.3 Å². The number of pyridine rings is 1. The second kappa shape index (κ2) is 8.12. The van der Waals surface area contributed by atoms with E-state index in [1.807, 2.05) is 17.8 Å². The van der Waals surface area contributed by atoms with Crippen molar-refractivity contribution in [1.29, 1.82) is 0 Å². The fourth-order valence-corrected chi connectivity index (χ4v) is 4.48. The maximum absolute atomic E-state index is 12.2. The van der Waals surface area contributed by atoms with Gasteiger partial charge >= 0.3 is 0 Å². The average molecular weight is 329 g/mol. The lowest BCUT2D eigenvalue weighted by Crippen LogP contribution is -2.30. The summed E-state index contributed by atoms with van der Waals surface area (Å²) in [7, 11) is -3.48. The van der Waals surface area contributed by atoms with Gasteiger partial charge in [0, 0.05) is 24.5 Å². The van der Waals surface area contributed by atoms with Gasteiger partial charge in [-0.25, -0.2) is 18.1 Å². The Kier molecular flexibility index (Phi) is 6.47. The lowest BCUT2D eigenvalue weighted by atomic mass is 10.2. The van der Waals surface area contributed by atoms with E-state index in [1.54, 1.807) is 12.3 Å². The first-order valence-electron chi connectivity index (χ1n) is 7.38. The van der Waals surface area contributed by atoms with Crippen molar-refractivity contribution in [1.82, 2.24) is 15.0 Å². The number of nitrogens with zero attached hydrogens (tertiary/aromatic N) is 1. The summed E-state index contributed by atoms with van der Waals surface area (Å²) in [4.78, 5) is 4.08. The molecule has 21 heavy (non-hydrogen) atoms. The third-order valence-electron chi connectivity index (χ3n) is 3.35. The number of thioether (sulfide) groups is 1. The van der Waals surface area contributed by atoms with E-state index in [0.717, 1.165) is 30.7 Å². The molecule has 1 aliphatic heterocycles. The minimum absolute atomic E-state index is 0.102. The average Bonchev–Trinajstić information content (AvgIpc) is 3.00. The molecule has 1 atom stereocenters. The molecule has 2 rings (SSSR count). The maximum Gasteiger partial charge on any atom is 0.258 e. The van der Waals surface area contributed by atoms with Crippen LogP contribution < -0.4 is 10.0 Å². The van der Waals surface area contributed by atoms with Crippen LogP contribution in [0.2, 0.25) is 0 Å². The van der Waals surface area contributed by atoms with Crippen LogP contribution in [0.5, 0.6) is 0 Å². The highest BCUT2D eigenvalue weighted by atomic mass is 32.2. The SMILES string of the molecule is CCCNCc1ccc(S(=O)(=O)NCC2CCCS2)nc1. The lowest BCUT2D eigenvalue weighted by Gasteiger charge is -2.10. The van der Waals surface area contributed by atoms with Crippen LogP contribution in [0.3, 0.4) is 0 Å². The molecule has 1 aliphatic rings. The second-order valence-electron chi connectivity index (χ2n) is 5.17. The smallest absolute Gasteiger partial charge is 0.258 e. The van der Waals surface area contributed by atoms with Crippen LogP contribution in [-0.4, -0.2) is 37.5 Å². The number of sulfonamides is 1. The number of rotatable bonds is 8. The molecule has 7 heteroatoms. The molecule has 2 N–H and O–H groups in total. The molecule has 0 amide bonds. The molecule has 1 fully saturated rings. The Balaban J connectivity index is 1.89. The first-order valence-corrected chi connectivity index (χ1v) is 9.92. The third-order valence-corrected chi connectivity index (χ3v) is 6.09. The fourth-order valence-electron chi connectivity index (χ4n) is 2.17. The minimum Gasteiger partial charge on any atom is -0.313 e. The van der Waals surface area contributed by atoms with E-state index >= 15 is 0 Å². The van der Waals surface area contributed by atoms with Gasteiger partial charge in [0.15, 0.2) is 5.03 Å². The highest BCUT2D eigenvalue weighted by Crippen LogP contribution is 2.25. The number of aromatic nitrogens is 1. The van der Waals surface area contributed by atoms with Gasteiger partial charge in [0.2, 0.25) is 0 Å². The summed E-state index contributed by atoms with van der Waals surface area (Å²) < 4.78 is 27.0. The third kappa shape index (κ3) is 5.25. The quantitative estimate of drug-likeness (QED) is 0.711. The summed E-state index contributed by atoms with van der Waals surface area (Å²) in [6.07, 6.45) is 4.96. The molecule has 1 aromatic heterocycles. The standard InChI is InChI=1S/C14H23N3O2S2/c1-2-7-15-9-12-5-6-14(16-10-12)21(18,19)17-11-13-4-3-8-20-13/h5-6,10,13,15,17H,2-4,7-9,11H2,1H3. The Hall–Kier alpha value is -0.630. The first kappa shape index (κ1) is 16.7.